The minimum absolute atomic E-state index is 0.106. The lowest BCUT2D eigenvalue weighted by Crippen LogP contribution is -2.03. The van der Waals surface area contributed by atoms with E-state index in [0.29, 0.717) is 30.3 Å². The van der Waals surface area contributed by atoms with Crippen LogP contribution in [-0.4, -0.2) is 26.6 Å². The van der Waals surface area contributed by atoms with E-state index in [9.17, 15) is 4.79 Å². The molecule has 0 unspecified atom stereocenters. The summed E-state index contributed by atoms with van der Waals surface area (Å²) in [5, 5.41) is 0. The predicted octanol–water partition coefficient (Wildman–Crippen LogP) is 2.06. The molecule has 0 radical (unpaired) electrons. The van der Waals surface area contributed by atoms with E-state index in [1.54, 1.807) is 32.4 Å². The highest BCUT2D eigenvalue weighted by Crippen LogP contribution is 2.27. The number of ether oxygens (including phenoxy) is 3. The van der Waals surface area contributed by atoms with Gasteiger partial charge in [-0.05, 0) is 6.92 Å². The topological polar surface area (TPSA) is 44.8 Å². The summed E-state index contributed by atoms with van der Waals surface area (Å²) in [5.74, 6) is 2.07. The van der Waals surface area contributed by atoms with Gasteiger partial charge in [0.1, 0.15) is 23.0 Å². The molecule has 0 aromatic heterocycles. The quantitative estimate of drug-likeness (QED) is 0.742. The van der Waals surface area contributed by atoms with Gasteiger partial charge in [0, 0.05) is 24.6 Å². The zero-order chi connectivity index (χ0) is 12.0. The van der Waals surface area contributed by atoms with Gasteiger partial charge < -0.3 is 14.2 Å². The van der Waals surface area contributed by atoms with Gasteiger partial charge >= 0.3 is 0 Å². The van der Waals surface area contributed by atoms with Crippen LogP contribution in [0.2, 0.25) is 0 Å². The van der Waals surface area contributed by atoms with Gasteiger partial charge in [0.05, 0.1) is 20.8 Å². The maximum atomic E-state index is 10.8. The van der Waals surface area contributed by atoms with Crippen molar-refractivity contribution in [2.45, 2.75) is 13.3 Å². The minimum Gasteiger partial charge on any atom is -0.496 e. The molecule has 1 aromatic rings. The Kier molecular flexibility index (Phi) is 4.64. The van der Waals surface area contributed by atoms with E-state index in [-0.39, 0.29) is 5.78 Å². The van der Waals surface area contributed by atoms with Gasteiger partial charge in [0.25, 0.3) is 0 Å². The number of Topliss-reactive ketones (excluding diaryl/α,β-unsaturated/α-hetero) is 1. The first-order chi connectivity index (χ1) is 7.65. The largest absolute Gasteiger partial charge is 0.496 e. The fourth-order valence-electron chi connectivity index (χ4n) is 1.18. The normalized spacial score (nSPS) is 9.69. The van der Waals surface area contributed by atoms with E-state index in [1.165, 1.54) is 6.92 Å². The van der Waals surface area contributed by atoms with Crippen molar-refractivity contribution in [1.82, 2.24) is 0 Å². The molecular weight excluding hydrogens is 208 g/mol. The summed E-state index contributed by atoms with van der Waals surface area (Å²) >= 11 is 0. The Hall–Kier alpha value is -1.71. The highest BCUT2D eigenvalue weighted by atomic mass is 16.5. The van der Waals surface area contributed by atoms with Crippen LogP contribution >= 0.6 is 0 Å². The van der Waals surface area contributed by atoms with E-state index in [2.05, 4.69) is 0 Å². The minimum atomic E-state index is 0.106. The Morgan fingerprint density at radius 3 is 2.00 bits per heavy atom. The van der Waals surface area contributed by atoms with Crippen LogP contribution < -0.4 is 14.2 Å². The van der Waals surface area contributed by atoms with Crippen LogP contribution in [0.25, 0.3) is 0 Å². The SMILES string of the molecule is COc1cc(OC)cc(OCCC(C)=O)c1. The maximum Gasteiger partial charge on any atom is 0.133 e. The molecule has 0 spiro atoms. The van der Waals surface area contributed by atoms with Gasteiger partial charge in [0.2, 0.25) is 0 Å². The lowest BCUT2D eigenvalue weighted by molar-refractivity contribution is -0.117. The molecule has 1 rings (SSSR count). The number of ketones is 1. The molecule has 0 N–H and O–H groups in total. The molecule has 0 aliphatic carbocycles. The van der Waals surface area contributed by atoms with Crippen molar-refractivity contribution >= 4 is 5.78 Å². The molecular formula is C12H16O4. The smallest absolute Gasteiger partial charge is 0.133 e. The van der Waals surface area contributed by atoms with Gasteiger partial charge in [-0.1, -0.05) is 0 Å². The molecule has 0 bridgehead atoms. The molecule has 0 heterocycles. The first-order valence-electron chi connectivity index (χ1n) is 5.01. The van der Waals surface area contributed by atoms with Crippen molar-refractivity contribution < 1.29 is 19.0 Å². The van der Waals surface area contributed by atoms with Crippen molar-refractivity contribution in [2.24, 2.45) is 0 Å². The monoisotopic (exact) mass is 224 g/mol. The zero-order valence-corrected chi connectivity index (χ0v) is 9.78. The Labute approximate surface area is 95.1 Å². The van der Waals surface area contributed by atoms with E-state index in [0.717, 1.165) is 0 Å². The summed E-state index contributed by atoms with van der Waals surface area (Å²) in [6, 6.07) is 5.27. The molecule has 88 valence electrons. The fraction of sp³-hybridized carbons (Fsp3) is 0.417. The summed E-state index contributed by atoms with van der Waals surface area (Å²) in [6.45, 7) is 1.90. The molecule has 0 saturated heterocycles. The van der Waals surface area contributed by atoms with Crippen molar-refractivity contribution in [1.29, 1.82) is 0 Å². The molecule has 4 heteroatoms. The second-order valence-corrected chi connectivity index (χ2v) is 3.35. The lowest BCUT2D eigenvalue weighted by Gasteiger charge is -2.09. The third-order valence-electron chi connectivity index (χ3n) is 2.05. The average Bonchev–Trinajstić information content (AvgIpc) is 2.28. The lowest BCUT2D eigenvalue weighted by atomic mass is 10.3. The molecule has 0 aliphatic rings. The Morgan fingerprint density at radius 2 is 1.56 bits per heavy atom. The third kappa shape index (κ3) is 3.81. The Morgan fingerprint density at radius 1 is 1.06 bits per heavy atom. The zero-order valence-electron chi connectivity index (χ0n) is 9.78. The Balaban J connectivity index is 2.67. The third-order valence-corrected chi connectivity index (χ3v) is 2.05. The summed E-state index contributed by atoms with van der Waals surface area (Å²) in [7, 11) is 3.16. The van der Waals surface area contributed by atoms with Gasteiger partial charge in [-0.25, -0.2) is 0 Å². The van der Waals surface area contributed by atoms with Gasteiger partial charge in [-0.2, -0.15) is 0 Å². The highest BCUT2D eigenvalue weighted by molar-refractivity contribution is 5.75. The van der Waals surface area contributed by atoms with Crippen LogP contribution in [0, 0.1) is 0 Å². The van der Waals surface area contributed by atoms with E-state index < -0.39 is 0 Å². The van der Waals surface area contributed by atoms with E-state index >= 15 is 0 Å². The second-order valence-electron chi connectivity index (χ2n) is 3.35. The van der Waals surface area contributed by atoms with Crippen molar-refractivity contribution in [3.05, 3.63) is 18.2 Å². The summed E-state index contributed by atoms with van der Waals surface area (Å²) < 4.78 is 15.6. The average molecular weight is 224 g/mol. The van der Waals surface area contributed by atoms with E-state index in [4.69, 9.17) is 14.2 Å². The first kappa shape index (κ1) is 12.4. The van der Waals surface area contributed by atoms with E-state index in [1.807, 2.05) is 0 Å². The predicted molar refractivity (Wildman–Crippen MR) is 60.3 cm³/mol. The van der Waals surface area contributed by atoms with Crippen molar-refractivity contribution in [3.8, 4) is 17.2 Å². The molecule has 16 heavy (non-hydrogen) atoms. The number of carbonyl (C=O) groups excluding carboxylic acids is 1. The first-order valence-corrected chi connectivity index (χ1v) is 5.01. The number of hydrogen-bond donors (Lipinski definition) is 0. The number of methoxy groups -OCH3 is 2. The number of hydrogen-bond acceptors (Lipinski definition) is 4. The van der Waals surface area contributed by atoms with Crippen LogP contribution in [0.1, 0.15) is 13.3 Å². The van der Waals surface area contributed by atoms with Crippen LogP contribution in [0.15, 0.2) is 18.2 Å². The number of rotatable bonds is 6. The molecule has 0 fully saturated rings. The van der Waals surface area contributed by atoms with Crippen LogP contribution in [0.5, 0.6) is 17.2 Å². The molecule has 1 aromatic carbocycles. The Bertz CT molecular complexity index is 338. The van der Waals surface area contributed by atoms with Gasteiger partial charge in [-0.15, -0.1) is 0 Å². The summed E-state index contributed by atoms with van der Waals surface area (Å²) in [6.07, 6.45) is 0.402. The maximum absolute atomic E-state index is 10.8. The van der Waals surface area contributed by atoms with Crippen molar-refractivity contribution in [3.63, 3.8) is 0 Å². The molecule has 0 saturated carbocycles. The fourth-order valence-corrected chi connectivity index (χ4v) is 1.18. The van der Waals surface area contributed by atoms with Crippen LogP contribution in [0.4, 0.5) is 0 Å². The highest BCUT2D eigenvalue weighted by Gasteiger charge is 2.03. The number of benzene rings is 1. The van der Waals surface area contributed by atoms with Crippen LogP contribution in [0.3, 0.4) is 0 Å². The molecule has 0 amide bonds. The van der Waals surface area contributed by atoms with Crippen molar-refractivity contribution in [2.75, 3.05) is 20.8 Å². The molecule has 4 nitrogen and oxygen atoms in total. The summed E-state index contributed by atoms with van der Waals surface area (Å²) in [5.41, 5.74) is 0. The number of carbonyl (C=O) groups is 1. The molecule has 0 aliphatic heterocycles. The van der Waals surface area contributed by atoms with Crippen LogP contribution in [-0.2, 0) is 4.79 Å². The second kappa shape index (κ2) is 6.00. The van der Waals surface area contributed by atoms with Gasteiger partial charge in [-0.3, -0.25) is 4.79 Å². The summed E-state index contributed by atoms with van der Waals surface area (Å²) in [4.78, 5) is 10.8. The van der Waals surface area contributed by atoms with Gasteiger partial charge in [0.15, 0.2) is 0 Å². The molecule has 0 atom stereocenters. The standard InChI is InChI=1S/C12H16O4/c1-9(13)4-5-16-12-7-10(14-2)6-11(8-12)15-3/h6-8H,4-5H2,1-3H3.